The van der Waals surface area contributed by atoms with Crippen LogP contribution in [0.3, 0.4) is 0 Å². The molecule has 0 aliphatic rings. The van der Waals surface area contributed by atoms with Crippen molar-refractivity contribution in [2.75, 3.05) is 6.61 Å². The minimum atomic E-state index is -0.674. The van der Waals surface area contributed by atoms with Crippen LogP contribution >= 0.6 is 11.3 Å². The largest absolute Gasteiger partial charge is 0.452 e. The van der Waals surface area contributed by atoms with E-state index in [9.17, 15) is 14.4 Å². The summed E-state index contributed by atoms with van der Waals surface area (Å²) in [7, 11) is 0. The van der Waals surface area contributed by atoms with Crippen molar-refractivity contribution in [3.63, 3.8) is 0 Å². The van der Waals surface area contributed by atoms with E-state index >= 15 is 0 Å². The first-order valence-corrected chi connectivity index (χ1v) is 9.02. The molecule has 0 atom stereocenters. The molecule has 136 valence electrons. The lowest BCUT2D eigenvalue weighted by atomic mass is 9.87. The number of imide groups is 1. The summed E-state index contributed by atoms with van der Waals surface area (Å²) < 4.78 is 4.82. The molecule has 0 saturated carbocycles. The summed E-state index contributed by atoms with van der Waals surface area (Å²) in [5.74, 6) is -1.85. The van der Waals surface area contributed by atoms with Gasteiger partial charge in [0.2, 0.25) is 0 Å². The van der Waals surface area contributed by atoms with Gasteiger partial charge in [0.15, 0.2) is 6.61 Å². The van der Waals surface area contributed by atoms with Gasteiger partial charge < -0.3 is 4.74 Å². The molecule has 1 N–H and O–H groups in total. The smallest absolute Gasteiger partial charge is 0.331 e. The summed E-state index contributed by atoms with van der Waals surface area (Å²) in [5.41, 5.74) is 2.32. The molecule has 1 aromatic heterocycles. The molecule has 0 aliphatic heterocycles. The van der Waals surface area contributed by atoms with Crippen molar-refractivity contribution < 1.29 is 19.1 Å². The van der Waals surface area contributed by atoms with Crippen molar-refractivity contribution >= 4 is 35.2 Å². The lowest BCUT2D eigenvalue weighted by Gasteiger charge is -2.18. The molecule has 26 heavy (non-hydrogen) atoms. The van der Waals surface area contributed by atoms with Crippen LogP contribution < -0.4 is 5.32 Å². The third-order valence-corrected chi connectivity index (χ3v) is 4.27. The van der Waals surface area contributed by atoms with Crippen molar-refractivity contribution in [2.24, 2.45) is 0 Å². The molecule has 0 bridgehead atoms. The van der Waals surface area contributed by atoms with E-state index in [0.717, 1.165) is 11.1 Å². The predicted molar refractivity (Wildman–Crippen MR) is 102 cm³/mol. The van der Waals surface area contributed by atoms with E-state index in [1.54, 1.807) is 18.2 Å². The molecule has 1 aromatic carbocycles. The fourth-order valence-corrected chi connectivity index (χ4v) is 2.70. The molecule has 2 rings (SSSR count). The molecule has 0 unspecified atom stereocenters. The van der Waals surface area contributed by atoms with E-state index in [-0.39, 0.29) is 5.41 Å². The number of amides is 2. The second-order valence-corrected chi connectivity index (χ2v) is 7.48. The standard InChI is InChI=1S/C20H21NO4S/c1-20(2,3)16-7-5-15(6-8-16)19(24)21-17(22)12-25-18(23)9-4-14-10-11-26-13-14/h4-11,13H,12H2,1-3H3,(H,21,22,24)/b9-4+. The number of hydrogen-bond acceptors (Lipinski definition) is 5. The Morgan fingerprint density at radius 3 is 2.38 bits per heavy atom. The molecule has 0 radical (unpaired) electrons. The highest BCUT2D eigenvalue weighted by Crippen LogP contribution is 2.22. The van der Waals surface area contributed by atoms with Crippen LogP contribution in [0.25, 0.3) is 6.08 Å². The second-order valence-electron chi connectivity index (χ2n) is 6.70. The van der Waals surface area contributed by atoms with Crippen molar-refractivity contribution in [1.82, 2.24) is 5.32 Å². The quantitative estimate of drug-likeness (QED) is 0.644. The van der Waals surface area contributed by atoms with E-state index in [1.807, 2.05) is 29.0 Å². The minimum absolute atomic E-state index is 0.0183. The van der Waals surface area contributed by atoms with E-state index in [4.69, 9.17) is 4.74 Å². The topological polar surface area (TPSA) is 72.5 Å². The fraction of sp³-hybridized carbons (Fsp3) is 0.250. The van der Waals surface area contributed by atoms with Crippen molar-refractivity contribution in [3.8, 4) is 0 Å². The highest BCUT2D eigenvalue weighted by molar-refractivity contribution is 7.08. The highest BCUT2D eigenvalue weighted by atomic mass is 32.1. The number of ether oxygens (including phenoxy) is 1. The van der Waals surface area contributed by atoms with Crippen LogP contribution in [-0.2, 0) is 19.7 Å². The van der Waals surface area contributed by atoms with Crippen LogP contribution in [0, 0.1) is 0 Å². The van der Waals surface area contributed by atoms with Crippen LogP contribution in [-0.4, -0.2) is 24.4 Å². The van der Waals surface area contributed by atoms with E-state index in [2.05, 4.69) is 26.1 Å². The van der Waals surface area contributed by atoms with Gasteiger partial charge in [-0.25, -0.2) is 4.79 Å². The number of nitrogens with one attached hydrogen (secondary N) is 1. The number of carbonyl (C=O) groups excluding carboxylic acids is 3. The van der Waals surface area contributed by atoms with Crippen LogP contribution in [0.1, 0.15) is 42.3 Å². The summed E-state index contributed by atoms with van der Waals surface area (Å²) in [4.78, 5) is 35.4. The van der Waals surface area contributed by atoms with Gasteiger partial charge in [0.25, 0.3) is 11.8 Å². The maximum absolute atomic E-state index is 12.1. The highest BCUT2D eigenvalue weighted by Gasteiger charge is 2.15. The van der Waals surface area contributed by atoms with Gasteiger partial charge in [-0.05, 0) is 51.6 Å². The number of thiophene rings is 1. The van der Waals surface area contributed by atoms with Gasteiger partial charge in [0.05, 0.1) is 0 Å². The normalized spacial score (nSPS) is 11.3. The van der Waals surface area contributed by atoms with Crippen molar-refractivity contribution in [1.29, 1.82) is 0 Å². The molecule has 2 aromatic rings. The van der Waals surface area contributed by atoms with E-state index in [1.165, 1.54) is 17.4 Å². The van der Waals surface area contributed by atoms with E-state index in [0.29, 0.717) is 5.56 Å². The maximum Gasteiger partial charge on any atom is 0.331 e. The Morgan fingerprint density at radius 2 is 1.81 bits per heavy atom. The number of carbonyl (C=O) groups is 3. The molecule has 1 heterocycles. The monoisotopic (exact) mass is 371 g/mol. The van der Waals surface area contributed by atoms with Crippen LogP contribution in [0.5, 0.6) is 0 Å². The first-order valence-electron chi connectivity index (χ1n) is 8.07. The summed E-state index contributed by atoms with van der Waals surface area (Å²) >= 11 is 1.51. The Balaban J connectivity index is 1.81. The summed E-state index contributed by atoms with van der Waals surface area (Å²) in [6.45, 7) is 5.71. The third kappa shape index (κ3) is 5.97. The van der Waals surface area contributed by atoms with Gasteiger partial charge in [0, 0.05) is 11.6 Å². The van der Waals surface area contributed by atoms with Crippen LogP contribution in [0.15, 0.2) is 47.2 Å². The van der Waals surface area contributed by atoms with Gasteiger partial charge in [-0.15, -0.1) is 0 Å². The average Bonchev–Trinajstić information content (AvgIpc) is 3.11. The van der Waals surface area contributed by atoms with Crippen LogP contribution in [0.4, 0.5) is 0 Å². The maximum atomic E-state index is 12.1. The SMILES string of the molecule is CC(C)(C)c1ccc(C(=O)NC(=O)COC(=O)/C=C/c2ccsc2)cc1. The number of benzene rings is 1. The lowest BCUT2D eigenvalue weighted by molar-refractivity contribution is -0.143. The van der Waals surface area contributed by atoms with Gasteiger partial charge in [0.1, 0.15) is 0 Å². The Kier molecular flexibility index (Phi) is 6.46. The molecule has 5 nitrogen and oxygen atoms in total. The third-order valence-electron chi connectivity index (χ3n) is 3.57. The zero-order valence-corrected chi connectivity index (χ0v) is 15.8. The lowest BCUT2D eigenvalue weighted by Crippen LogP contribution is -2.34. The van der Waals surface area contributed by atoms with Gasteiger partial charge in [-0.1, -0.05) is 32.9 Å². The Morgan fingerprint density at radius 1 is 1.12 bits per heavy atom. The minimum Gasteiger partial charge on any atom is -0.452 e. The summed E-state index contributed by atoms with van der Waals surface area (Å²) in [5, 5.41) is 5.96. The predicted octanol–water partition coefficient (Wildman–Crippen LogP) is 3.56. The molecule has 0 saturated heterocycles. The van der Waals surface area contributed by atoms with Gasteiger partial charge >= 0.3 is 5.97 Å². The molecular formula is C20H21NO4S. The van der Waals surface area contributed by atoms with Crippen LogP contribution in [0.2, 0.25) is 0 Å². The Bertz CT molecular complexity index is 799. The molecular weight excluding hydrogens is 350 g/mol. The summed E-state index contributed by atoms with van der Waals surface area (Å²) in [6, 6.07) is 8.89. The zero-order chi connectivity index (χ0) is 19.2. The number of esters is 1. The Labute approximate surface area is 156 Å². The molecule has 0 aliphatic carbocycles. The van der Waals surface area contributed by atoms with Crippen molar-refractivity contribution in [3.05, 3.63) is 63.9 Å². The summed E-state index contributed by atoms with van der Waals surface area (Å²) in [6.07, 6.45) is 2.83. The number of rotatable bonds is 5. The zero-order valence-electron chi connectivity index (χ0n) is 14.9. The first-order chi connectivity index (χ1) is 12.3. The molecule has 2 amide bonds. The molecule has 0 spiro atoms. The molecule has 0 fully saturated rings. The second kappa shape index (κ2) is 8.58. The Hall–Kier alpha value is -2.73. The van der Waals surface area contributed by atoms with E-state index < -0.39 is 24.4 Å². The fourth-order valence-electron chi connectivity index (χ4n) is 2.08. The average molecular weight is 371 g/mol. The number of hydrogen-bond donors (Lipinski definition) is 1. The van der Waals surface area contributed by atoms with Gasteiger partial charge in [-0.3, -0.25) is 14.9 Å². The van der Waals surface area contributed by atoms with Gasteiger partial charge in [-0.2, -0.15) is 11.3 Å². The van der Waals surface area contributed by atoms with Crippen molar-refractivity contribution in [2.45, 2.75) is 26.2 Å². The molecule has 6 heteroatoms. The first kappa shape index (κ1) is 19.6.